The van der Waals surface area contributed by atoms with Gasteiger partial charge in [-0.25, -0.2) is 0 Å². The number of hydrogen-bond donors (Lipinski definition) is 1. The predicted molar refractivity (Wildman–Crippen MR) is 54.2 cm³/mol. The first-order valence-electron chi connectivity index (χ1n) is 4.84. The quantitative estimate of drug-likeness (QED) is 0.489. The molecule has 3 atom stereocenters. The van der Waals surface area contributed by atoms with Gasteiger partial charge in [-0.3, -0.25) is 4.90 Å². The van der Waals surface area contributed by atoms with Crippen molar-refractivity contribution in [2.75, 3.05) is 13.1 Å². The molecule has 1 aliphatic heterocycles. The molecule has 3 nitrogen and oxygen atoms in total. The van der Waals surface area contributed by atoms with E-state index in [1.165, 1.54) is 0 Å². The summed E-state index contributed by atoms with van der Waals surface area (Å²) in [6.45, 7) is 5.16. The highest BCUT2D eigenvalue weighted by Crippen LogP contribution is 2.30. The molecule has 0 aromatic rings. The van der Waals surface area contributed by atoms with Gasteiger partial charge in [0, 0.05) is 24.9 Å². The van der Waals surface area contributed by atoms with Crippen LogP contribution in [-0.2, 0) is 0 Å². The van der Waals surface area contributed by atoms with Crippen LogP contribution in [0, 0.1) is 29.6 Å². The summed E-state index contributed by atoms with van der Waals surface area (Å²) >= 11 is 0. The molecule has 14 heavy (non-hydrogen) atoms. The molecule has 0 aromatic heterocycles. The van der Waals surface area contributed by atoms with Crippen molar-refractivity contribution in [1.29, 1.82) is 5.26 Å². The van der Waals surface area contributed by atoms with Crippen molar-refractivity contribution in [1.82, 2.24) is 4.90 Å². The molecule has 1 saturated heterocycles. The molecule has 3 heteroatoms. The fraction of sp³-hybridized carbons (Fsp3) is 0.727. The van der Waals surface area contributed by atoms with E-state index in [9.17, 15) is 5.11 Å². The summed E-state index contributed by atoms with van der Waals surface area (Å²) in [6, 6.07) is 2.17. The van der Waals surface area contributed by atoms with Crippen molar-refractivity contribution in [3.63, 3.8) is 0 Å². The molecule has 0 saturated carbocycles. The molecule has 1 aliphatic rings. The SMILES string of the molecule is C#CCN1C[C@@H](C)[C@](O)(C#N)C[C@@H]1C. The number of aliphatic hydroxyl groups is 1. The normalized spacial score (nSPS) is 38.6. The number of nitriles is 1. The maximum atomic E-state index is 9.97. The molecule has 1 N–H and O–H groups in total. The number of piperidine rings is 1. The Morgan fingerprint density at radius 1 is 1.64 bits per heavy atom. The van der Waals surface area contributed by atoms with Gasteiger partial charge in [-0.15, -0.1) is 6.42 Å². The monoisotopic (exact) mass is 192 g/mol. The van der Waals surface area contributed by atoms with E-state index in [2.05, 4.69) is 10.8 Å². The van der Waals surface area contributed by atoms with E-state index in [1.54, 1.807) is 0 Å². The lowest BCUT2D eigenvalue weighted by atomic mass is 9.80. The van der Waals surface area contributed by atoms with Gasteiger partial charge in [0.05, 0.1) is 12.6 Å². The third-order valence-electron chi connectivity index (χ3n) is 3.04. The van der Waals surface area contributed by atoms with Gasteiger partial charge in [-0.1, -0.05) is 12.8 Å². The Kier molecular flexibility index (Phi) is 3.16. The maximum Gasteiger partial charge on any atom is 0.156 e. The van der Waals surface area contributed by atoms with Crippen LogP contribution in [0.2, 0.25) is 0 Å². The average molecular weight is 192 g/mol. The first-order chi connectivity index (χ1) is 6.53. The lowest BCUT2D eigenvalue weighted by Crippen LogP contribution is -2.54. The Labute approximate surface area is 85.3 Å². The third-order valence-corrected chi connectivity index (χ3v) is 3.04. The van der Waals surface area contributed by atoms with Crippen molar-refractivity contribution >= 4 is 0 Å². The van der Waals surface area contributed by atoms with Crippen LogP contribution in [0.4, 0.5) is 0 Å². The molecule has 0 unspecified atom stereocenters. The van der Waals surface area contributed by atoms with Crippen molar-refractivity contribution in [2.24, 2.45) is 5.92 Å². The first kappa shape index (κ1) is 11.0. The maximum absolute atomic E-state index is 9.97. The second kappa shape index (κ2) is 4.00. The van der Waals surface area contributed by atoms with E-state index in [0.717, 1.165) is 0 Å². The number of hydrogen-bond acceptors (Lipinski definition) is 3. The van der Waals surface area contributed by atoms with E-state index in [0.29, 0.717) is 19.5 Å². The Balaban J connectivity index is 2.74. The molecule has 0 aliphatic carbocycles. The molecule has 1 heterocycles. The van der Waals surface area contributed by atoms with Crippen LogP contribution in [0.1, 0.15) is 20.3 Å². The van der Waals surface area contributed by atoms with Crippen molar-refractivity contribution in [3.8, 4) is 18.4 Å². The Bertz CT molecular complexity index is 289. The zero-order valence-electron chi connectivity index (χ0n) is 8.70. The van der Waals surface area contributed by atoms with Crippen LogP contribution in [-0.4, -0.2) is 34.7 Å². The highest BCUT2D eigenvalue weighted by atomic mass is 16.3. The van der Waals surface area contributed by atoms with Crippen molar-refractivity contribution < 1.29 is 5.11 Å². The minimum Gasteiger partial charge on any atom is -0.375 e. The summed E-state index contributed by atoms with van der Waals surface area (Å²) in [4.78, 5) is 2.12. The van der Waals surface area contributed by atoms with Crippen LogP contribution in [0.25, 0.3) is 0 Å². The van der Waals surface area contributed by atoms with Crippen molar-refractivity contribution in [3.05, 3.63) is 0 Å². The number of nitrogens with zero attached hydrogens (tertiary/aromatic N) is 2. The molecule has 0 bridgehead atoms. The van der Waals surface area contributed by atoms with Gasteiger partial charge in [0.15, 0.2) is 5.60 Å². The molecular formula is C11H16N2O. The van der Waals surface area contributed by atoms with Gasteiger partial charge in [0.1, 0.15) is 0 Å². The molecular weight excluding hydrogens is 176 g/mol. The number of likely N-dealkylation sites (tertiary alicyclic amines) is 1. The number of rotatable bonds is 1. The molecule has 0 radical (unpaired) electrons. The Morgan fingerprint density at radius 2 is 2.29 bits per heavy atom. The van der Waals surface area contributed by atoms with Gasteiger partial charge >= 0.3 is 0 Å². The standard InChI is InChI=1S/C11H16N2O/c1-4-5-13-7-9(2)11(14,8-12)6-10(13)3/h1,9-10,14H,5-7H2,2-3H3/t9-,10+,11-/m1/s1. The zero-order chi connectivity index (χ0) is 10.8. The summed E-state index contributed by atoms with van der Waals surface area (Å²) in [5.41, 5.74) is -1.18. The summed E-state index contributed by atoms with van der Waals surface area (Å²) in [5, 5.41) is 18.9. The first-order valence-corrected chi connectivity index (χ1v) is 4.84. The van der Waals surface area contributed by atoms with Crippen LogP contribution in [0.3, 0.4) is 0 Å². The highest BCUT2D eigenvalue weighted by molar-refractivity contribution is 5.09. The minimum absolute atomic E-state index is 0.0444. The van der Waals surface area contributed by atoms with E-state index >= 15 is 0 Å². The lowest BCUT2D eigenvalue weighted by Gasteiger charge is -2.42. The summed E-state index contributed by atoms with van der Waals surface area (Å²) in [5.74, 6) is 2.55. The van der Waals surface area contributed by atoms with Crippen molar-refractivity contribution in [2.45, 2.75) is 31.9 Å². The minimum atomic E-state index is -1.18. The van der Waals surface area contributed by atoms with E-state index in [1.807, 2.05) is 19.9 Å². The second-order valence-electron chi connectivity index (χ2n) is 4.12. The van der Waals surface area contributed by atoms with Gasteiger partial charge in [-0.2, -0.15) is 5.26 Å². The van der Waals surface area contributed by atoms with Crippen LogP contribution in [0.5, 0.6) is 0 Å². The van der Waals surface area contributed by atoms with E-state index in [4.69, 9.17) is 11.7 Å². The fourth-order valence-corrected chi connectivity index (χ4v) is 1.96. The van der Waals surface area contributed by atoms with Crippen LogP contribution in [0.15, 0.2) is 0 Å². The highest BCUT2D eigenvalue weighted by Gasteiger charge is 2.42. The summed E-state index contributed by atoms with van der Waals surface area (Å²) < 4.78 is 0. The topological polar surface area (TPSA) is 47.3 Å². The lowest BCUT2D eigenvalue weighted by molar-refractivity contribution is -0.0402. The number of terminal acetylenes is 1. The fourth-order valence-electron chi connectivity index (χ4n) is 1.96. The third kappa shape index (κ3) is 1.90. The molecule has 0 aromatic carbocycles. The van der Waals surface area contributed by atoms with Crippen LogP contribution >= 0.6 is 0 Å². The van der Waals surface area contributed by atoms with Gasteiger partial charge < -0.3 is 5.11 Å². The Morgan fingerprint density at radius 3 is 2.79 bits per heavy atom. The van der Waals surface area contributed by atoms with E-state index < -0.39 is 5.60 Å². The second-order valence-corrected chi connectivity index (χ2v) is 4.12. The average Bonchev–Trinajstić information content (AvgIpc) is 2.15. The molecule has 0 amide bonds. The summed E-state index contributed by atoms with van der Waals surface area (Å²) in [7, 11) is 0. The smallest absolute Gasteiger partial charge is 0.156 e. The predicted octanol–water partition coefficient (Wildman–Crippen LogP) is 0.605. The molecule has 1 fully saturated rings. The largest absolute Gasteiger partial charge is 0.375 e. The molecule has 1 rings (SSSR count). The van der Waals surface area contributed by atoms with Gasteiger partial charge in [0.25, 0.3) is 0 Å². The van der Waals surface area contributed by atoms with Gasteiger partial charge in [0.2, 0.25) is 0 Å². The molecule has 0 spiro atoms. The van der Waals surface area contributed by atoms with Crippen LogP contribution < -0.4 is 0 Å². The zero-order valence-corrected chi connectivity index (χ0v) is 8.70. The summed E-state index contributed by atoms with van der Waals surface area (Å²) in [6.07, 6.45) is 5.73. The molecule has 76 valence electrons. The van der Waals surface area contributed by atoms with Gasteiger partial charge in [-0.05, 0) is 6.92 Å². The van der Waals surface area contributed by atoms with E-state index in [-0.39, 0.29) is 12.0 Å². The Hall–Kier alpha value is -1.03.